The van der Waals surface area contributed by atoms with Gasteiger partial charge in [-0.3, -0.25) is 19.1 Å². The van der Waals surface area contributed by atoms with Crippen molar-refractivity contribution in [3.63, 3.8) is 0 Å². The molecule has 148 valence electrons. The maximum Gasteiger partial charge on any atom is 0.290 e. The molecule has 3 aromatic rings. The third kappa shape index (κ3) is 3.35. The SMILES string of the molecule is Cc1c(NC(=O)[C@@H]2CC(=O)N(c3ccccc3)C2)c(=O)n(C)n1-c1ccccc1. The molecule has 1 atom stereocenters. The first-order valence-electron chi connectivity index (χ1n) is 9.47. The molecule has 1 aliphatic rings. The van der Waals surface area contributed by atoms with E-state index >= 15 is 0 Å². The van der Waals surface area contributed by atoms with E-state index in [1.807, 2.05) is 60.7 Å². The summed E-state index contributed by atoms with van der Waals surface area (Å²) in [6.45, 7) is 2.09. The molecule has 1 aliphatic heterocycles. The fourth-order valence-corrected chi connectivity index (χ4v) is 3.78. The molecule has 0 bridgehead atoms. The number of aromatic nitrogens is 2. The maximum atomic E-state index is 12.9. The van der Waals surface area contributed by atoms with E-state index in [4.69, 9.17) is 0 Å². The Morgan fingerprint density at radius 1 is 0.966 bits per heavy atom. The van der Waals surface area contributed by atoms with Crippen LogP contribution in [0.4, 0.5) is 11.4 Å². The van der Waals surface area contributed by atoms with Gasteiger partial charge in [0.05, 0.1) is 17.3 Å². The number of amides is 2. The van der Waals surface area contributed by atoms with Gasteiger partial charge in [0, 0.05) is 25.7 Å². The molecule has 1 aromatic heterocycles. The zero-order valence-electron chi connectivity index (χ0n) is 16.3. The number of hydrogen-bond acceptors (Lipinski definition) is 3. The molecule has 7 nitrogen and oxygen atoms in total. The van der Waals surface area contributed by atoms with Gasteiger partial charge in [-0.05, 0) is 31.2 Å². The number of anilines is 2. The largest absolute Gasteiger partial charge is 0.320 e. The van der Waals surface area contributed by atoms with Crippen LogP contribution < -0.4 is 15.8 Å². The molecular formula is C22H22N4O3. The number of carbonyl (C=O) groups is 2. The van der Waals surface area contributed by atoms with Crippen LogP contribution in [-0.4, -0.2) is 27.7 Å². The van der Waals surface area contributed by atoms with Gasteiger partial charge < -0.3 is 10.2 Å². The van der Waals surface area contributed by atoms with E-state index in [0.29, 0.717) is 12.2 Å². The second-order valence-corrected chi connectivity index (χ2v) is 7.17. The number of carbonyl (C=O) groups excluding carboxylic acids is 2. The molecule has 2 heterocycles. The zero-order valence-corrected chi connectivity index (χ0v) is 16.3. The van der Waals surface area contributed by atoms with Crippen LogP contribution in [-0.2, 0) is 16.6 Å². The van der Waals surface area contributed by atoms with E-state index in [9.17, 15) is 14.4 Å². The van der Waals surface area contributed by atoms with Crippen LogP contribution in [0.25, 0.3) is 5.69 Å². The van der Waals surface area contributed by atoms with Crippen LogP contribution in [0, 0.1) is 12.8 Å². The molecule has 0 unspecified atom stereocenters. The Labute approximate surface area is 168 Å². The molecule has 1 fully saturated rings. The topological polar surface area (TPSA) is 76.3 Å². The van der Waals surface area contributed by atoms with E-state index < -0.39 is 5.92 Å². The number of hydrogen-bond donors (Lipinski definition) is 1. The summed E-state index contributed by atoms with van der Waals surface area (Å²) >= 11 is 0. The van der Waals surface area contributed by atoms with E-state index in [1.54, 1.807) is 23.6 Å². The summed E-state index contributed by atoms with van der Waals surface area (Å²) in [6.07, 6.45) is 0.124. The van der Waals surface area contributed by atoms with Crippen molar-refractivity contribution in [2.24, 2.45) is 13.0 Å². The maximum absolute atomic E-state index is 12.9. The fourth-order valence-electron chi connectivity index (χ4n) is 3.78. The van der Waals surface area contributed by atoms with Crippen molar-refractivity contribution in [3.05, 3.63) is 76.7 Å². The van der Waals surface area contributed by atoms with Gasteiger partial charge in [0.25, 0.3) is 5.56 Å². The molecule has 2 aromatic carbocycles. The van der Waals surface area contributed by atoms with Gasteiger partial charge in [0.15, 0.2) is 0 Å². The Bertz CT molecular complexity index is 1120. The summed E-state index contributed by atoms with van der Waals surface area (Å²) in [5, 5.41) is 2.77. The number of benzene rings is 2. The highest BCUT2D eigenvalue weighted by Crippen LogP contribution is 2.26. The first-order chi connectivity index (χ1) is 14.0. The third-order valence-electron chi connectivity index (χ3n) is 5.30. The minimum absolute atomic E-state index is 0.0946. The molecule has 0 radical (unpaired) electrons. The Hall–Kier alpha value is -3.61. The highest BCUT2D eigenvalue weighted by molar-refractivity contribution is 6.03. The Morgan fingerprint density at radius 2 is 1.55 bits per heavy atom. The van der Waals surface area contributed by atoms with Crippen molar-refractivity contribution in [1.29, 1.82) is 0 Å². The summed E-state index contributed by atoms with van der Waals surface area (Å²) in [4.78, 5) is 39.6. The van der Waals surface area contributed by atoms with Gasteiger partial charge >= 0.3 is 0 Å². The van der Waals surface area contributed by atoms with Crippen molar-refractivity contribution in [3.8, 4) is 5.69 Å². The lowest BCUT2D eigenvalue weighted by molar-refractivity contribution is -0.122. The van der Waals surface area contributed by atoms with Crippen molar-refractivity contribution < 1.29 is 9.59 Å². The van der Waals surface area contributed by atoms with Crippen LogP contribution in [0.15, 0.2) is 65.5 Å². The molecular weight excluding hydrogens is 368 g/mol. The molecule has 2 amide bonds. The van der Waals surface area contributed by atoms with Crippen LogP contribution >= 0.6 is 0 Å². The van der Waals surface area contributed by atoms with Crippen LogP contribution in [0.1, 0.15) is 12.1 Å². The van der Waals surface area contributed by atoms with E-state index in [-0.39, 0.29) is 29.5 Å². The van der Waals surface area contributed by atoms with Gasteiger partial charge in [-0.15, -0.1) is 0 Å². The summed E-state index contributed by atoms with van der Waals surface area (Å²) in [7, 11) is 1.66. The van der Waals surface area contributed by atoms with Crippen molar-refractivity contribution in [1.82, 2.24) is 9.36 Å². The summed E-state index contributed by atoms with van der Waals surface area (Å²) in [5.74, 6) is -0.919. The highest BCUT2D eigenvalue weighted by atomic mass is 16.2. The van der Waals surface area contributed by atoms with Crippen molar-refractivity contribution in [2.75, 3.05) is 16.8 Å². The van der Waals surface area contributed by atoms with E-state index in [2.05, 4.69) is 5.32 Å². The lowest BCUT2D eigenvalue weighted by atomic mass is 10.1. The first kappa shape index (κ1) is 18.7. The monoisotopic (exact) mass is 390 g/mol. The highest BCUT2D eigenvalue weighted by Gasteiger charge is 2.35. The van der Waals surface area contributed by atoms with Crippen molar-refractivity contribution in [2.45, 2.75) is 13.3 Å². The second kappa shape index (κ2) is 7.43. The first-order valence-corrected chi connectivity index (χ1v) is 9.47. The average molecular weight is 390 g/mol. The molecule has 1 N–H and O–H groups in total. The minimum Gasteiger partial charge on any atom is -0.320 e. The van der Waals surface area contributed by atoms with Crippen LogP contribution in [0.2, 0.25) is 0 Å². The molecule has 0 spiro atoms. The predicted molar refractivity (Wildman–Crippen MR) is 111 cm³/mol. The van der Waals surface area contributed by atoms with Crippen LogP contribution in [0.3, 0.4) is 0 Å². The van der Waals surface area contributed by atoms with E-state index in [1.165, 1.54) is 4.68 Å². The third-order valence-corrected chi connectivity index (χ3v) is 5.30. The van der Waals surface area contributed by atoms with Gasteiger partial charge in [-0.25, -0.2) is 4.68 Å². The quantitative estimate of drug-likeness (QED) is 0.744. The fraction of sp³-hybridized carbons (Fsp3) is 0.227. The second-order valence-electron chi connectivity index (χ2n) is 7.17. The molecule has 29 heavy (non-hydrogen) atoms. The standard InChI is InChI=1S/C22H22N4O3/c1-15-20(22(29)24(2)26(15)18-11-7-4-8-12-18)23-21(28)16-13-19(27)25(14-16)17-9-5-3-6-10-17/h3-12,16H,13-14H2,1-2H3,(H,23,28)/t16-/m1/s1. The average Bonchev–Trinajstić information content (AvgIpc) is 3.23. The van der Waals surface area contributed by atoms with Crippen LogP contribution in [0.5, 0.6) is 0 Å². The Kier molecular flexibility index (Phi) is 4.80. The number of nitrogens with one attached hydrogen (secondary N) is 1. The number of nitrogens with zero attached hydrogens (tertiary/aromatic N) is 3. The predicted octanol–water partition coefficient (Wildman–Crippen LogP) is 2.48. The lowest BCUT2D eigenvalue weighted by Gasteiger charge is -2.16. The van der Waals surface area contributed by atoms with Gasteiger partial charge in [0.2, 0.25) is 11.8 Å². The summed E-state index contributed by atoms with van der Waals surface area (Å²) in [6, 6.07) is 18.8. The number of rotatable bonds is 4. The molecule has 1 saturated heterocycles. The summed E-state index contributed by atoms with van der Waals surface area (Å²) < 4.78 is 3.23. The number of para-hydroxylation sites is 2. The molecule has 4 rings (SSSR count). The Balaban J connectivity index is 1.57. The zero-order chi connectivity index (χ0) is 20.5. The van der Waals surface area contributed by atoms with E-state index in [0.717, 1.165) is 11.4 Å². The Morgan fingerprint density at radius 3 is 2.17 bits per heavy atom. The normalized spacial score (nSPS) is 16.3. The van der Waals surface area contributed by atoms with Crippen molar-refractivity contribution >= 4 is 23.2 Å². The summed E-state index contributed by atoms with van der Waals surface area (Å²) in [5.41, 5.74) is 2.20. The molecule has 7 heteroatoms. The van der Waals surface area contributed by atoms with Gasteiger partial charge in [-0.2, -0.15) is 0 Å². The lowest BCUT2D eigenvalue weighted by Crippen LogP contribution is -2.29. The molecule has 0 saturated carbocycles. The smallest absolute Gasteiger partial charge is 0.290 e. The molecule has 0 aliphatic carbocycles. The van der Waals surface area contributed by atoms with Gasteiger partial charge in [0.1, 0.15) is 5.69 Å². The van der Waals surface area contributed by atoms with Gasteiger partial charge in [-0.1, -0.05) is 36.4 Å². The minimum atomic E-state index is -0.508.